The van der Waals surface area contributed by atoms with Gasteiger partial charge < -0.3 is 9.14 Å². The van der Waals surface area contributed by atoms with Crippen LogP contribution < -0.4 is 0 Å². The lowest BCUT2D eigenvalue weighted by atomic mass is 10.1. The van der Waals surface area contributed by atoms with Crippen molar-refractivity contribution in [3.63, 3.8) is 0 Å². The van der Waals surface area contributed by atoms with Gasteiger partial charge in [0.05, 0.1) is 32.3 Å². The van der Waals surface area contributed by atoms with Crippen LogP contribution in [0.5, 0.6) is 0 Å². The summed E-state index contributed by atoms with van der Waals surface area (Å²) in [5.41, 5.74) is 3.74. The first-order valence-electron chi connectivity index (χ1n) is 10.2. The Morgan fingerprint density at radius 3 is 2.66 bits per heavy atom. The standard InChI is InChI=1S/C25H22BrNO3S2/c1-4-6-13-31-25-21-20(23(32-25)22(28)16-7-9-17(26)10-8-16)19(24(29)30-5-2)18-14-15(3)11-12-27(18)21/h4,6-12,14H,5,13H2,1-3H3/b6-4+. The molecule has 164 valence electrons. The smallest absolute Gasteiger partial charge is 0.341 e. The normalized spacial score (nSPS) is 11.6. The zero-order valence-electron chi connectivity index (χ0n) is 18.0. The number of benzene rings is 1. The van der Waals surface area contributed by atoms with Crippen molar-refractivity contribution in [1.29, 1.82) is 0 Å². The lowest BCUT2D eigenvalue weighted by Crippen LogP contribution is -2.06. The molecule has 0 aliphatic carbocycles. The summed E-state index contributed by atoms with van der Waals surface area (Å²) in [6.45, 7) is 6.04. The second-order valence-electron chi connectivity index (χ2n) is 7.21. The molecule has 0 saturated heterocycles. The van der Waals surface area contributed by atoms with E-state index in [-0.39, 0.29) is 12.4 Å². The predicted octanol–water partition coefficient (Wildman–Crippen LogP) is 7.30. The SMILES string of the molecule is C/C=C/CSc1sc(C(=O)c2ccc(Br)cc2)c2c(C(=O)OCC)c3cc(C)ccn3c12. The van der Waals surface area contributed by atoms with Crippen LogP contribution in [0, 0.1) is 6.92 Å². The molecule has 3 aromatic heterocycles. The molecule has 0 saturated carbocycles. The summed E-state index contributed by atoms with van der Waals surface area (Å²) in [6.07, 6.45) is 6.06. The van der Waals surface area contributed by atoms with Crippen LogP contribution in [-0.4, -0.2) is 28.5 Å². The topological polar surface area (TPSA) is 47.8 Å². The van der Waals surface area contributed by atoms with Gasteiger partial charge in [0.2, 0.25) is 5.78 Å². The lowest BCUT2D eigenvalue weighted by Gasteiger charge is -2.05. The van der Waals surface area contributed by atoms with E-state index in [0.717, 1.165) is 31.0 Å². The van der Waals surface area contributed by atoms with Gasteiger partial charge in [0, 0.05) is 27.4 Å². The fourth-order valence-corrected chi connectivity index (χ4v) is 6.32. The van der Waals surface area contributed by atoms with Gasteiger partial charge in [-0.1, -0.05) is 28.1 Å². The summed E-state index contributed by atoms with van der Waals surface area (Å²) in [6, 6.07) is 11.3. The molecule has 0 radical (unpaired) electrons. The highest BCUT2D eigenvalue weighted by atomic mass is 79.9. The van der Waals surface area contributed by atoms with Crippen LogP contribution >= 0.6 is 39.0 Å². The molecule has 0 aliphatic heterocycles. The van der Waals surface area contributed by atoms with E-state index < -0.39 is 5.97 Å². The summed E-state index contributed by atoms with van der Waals surface area (Å²) in [4.78, 5) is 27.3. The maximum atomic E-state index is 13.6. The number of aromatic nitrogens is 1. The number of aryl methyl sites for hydroxylation is 1. The van der Waals surface area contributed by atoms with Crippen molar-refractivity contribution in [3.8, 4) is 0 Å². The van der Waals surface area contributed by atoms with Crippen LogP contribution in [0.1, 0.15) is 45.0 Å². The molecule has 0 amide bonds. The number of esters is 1. The van der Waals surface area contributed by atoms with Crippen LogP contribution in [0.15, 0.2) is 63.4 Å². The van der Waals surface area contributed by atoms with Crippen molar-refractivity contribution in [3.05, 3.63) is 80.8 Å². The Balaban J connectivity index is 2.04. The van der Waals surface area contributed by atoms with Gasteiger partial charge in [0.25, 0.3) is 0 Å². The molecule has 3 heterocycles. The molecule has 4 aromatic rings. The van der Waals surface area contributed by atoms with Crippen molar-refractivity contribution < 1.29 is 14.3 Å². The van der Waals surface area contributed by atoms with Crippen LogP contribution in [0.25, 0.3) is 16.4 Å². The third kappa shape index (κ3) is 4.17. The first kappa shape index (κ1) is 22.8. The van der Waals surface area contributed by atoms with Crippen LogP contribution in [0.2, 0.25) is 0 Å². The summed E-state index contributed by atoms with van der Waals surface area (Å²) in [5, 5.41) is 0.676. The average molecular weight is 528 g/mol. The van der Waals surface area contributed by atoms with E-state index >= 15 is 0 Å². The van der Waals surface area contributed by atoms with Gasteiger partial charge in [-0.05, 0) is 62.7 Å². The largest absolute Gasteiger partial charge is 0.462 e. The van der Waals surface area contributed by atoms with Crippen molar-refractivity contribution in [2.45, 2.75) is 25.0 Å². The number of rotatable bonds is 7. The minimum Gasteiger partial charge on any atom is -0.462 e. The van der Waals surface area contributed by atoms with Crippen LogP contribution in [0.3, 0.4) is 0 Å². The van der Waals surface area contributed by atoms with E-state index in [1.165, 1.54) is 11.3 Å². The Bertz CT molecular complexity index is 1350. The number of hydrogen-bond donors (Lipinski definition) is 0. The third-order valence-electron chi connectivity index (χ3n) is 5.05. The molecule has 0 fully saturated rings. The number of nitrogens with zero attached hydrogens (tertiary/aromatic N) is 1. The van der Waals surface area contributed by atoms with Gasteiger partial charge in [-0.25, -0.2) is 4.79 Å². The second kappa shape index (κ2) is 9.65. The fourth-order valence-electron chi connectivity index (χ4n) is 3.59. The number of ketones is 1. The molecular weight excluding hydrogens is 506 g/mol. The monoisotopic (exact) mass is 527 g/mol. The average Bonchev–Trinajstić information content (AvgIpc) is 3.29. The van der Waals surface area contributed by atoms with E-state index in [9.17, 15) is 9.59 Å². The second-order valence-corrected chi connectivity index (χ2v) is 10.4. The first-order valence-corrected chi connectivity index (χ1v) is 12.8. The molecule has 32 heavy (non-hydrogen) atoms. The van der Waals surface area contributed by atoms with E-state index in [2.05, 4.69) is 22.0 Å². The Kier molecular flexibility index (Phi) is 6.88. The Morgan fingerprint density at radius 2 is 1.97 bits per heavy atom. The number of pyridine rings is 1. The number of halogens is 1. The number of ether oxygens (including phenoxy) is 1. The number of carbonyl (C=O) groups is 2. The van der Waals surface area contributed by atoms with Crippen LogP contribution in [0.4, 0.5) is 0 Å². The number of fused-ring (bicyclic) bond motifs is 3. The zero-order valence-corrected chi connectivity index (χ0v) is 21.2. The highest BCUT2D eigenvalue weighted by Gasteiger charge is 2.29. The fraction of sp³-hybridized carbons (Fsp3) is 0.200. The van der Waals surface area contributed by atoms with E-state index in [1.807, 2.05) is 54.8 Å². The number of allylic oxidation sites excluding steroid dienone is 1. The number of carbonyl (C=O) groups excluding carboxylic acids is 2. The quantitative estimate of drug-likeness (QED) is 0.109. The van der Waals surface area contributed by atoms with Crippen molar-refractivity contribution in [1.82, 2.24) is 4.40 Å². The van der Waals surface area contributed by atoms with E-state index in [0.29, 0.717) is 21.4 Å². The summed E-state index contributed by atoms with van der Waals surface area (Å²) in [7, 11) is 0. The van der Waals surface area contributed by atoms with Gasteiger partial charge in [0.15, 0.2) is 0 Å². The maximum absolute atomic E-state index is 13.6. The molecule has 0 spiro atoms. The highest BCUT2D eigenvalue weighted by molar-refractivity contribution is 9.10. The number of hydrogen-bond acceptors (Lipinski definition) is 5. The molecule has 4 nitrogen and oxygen atoms in total. The zero-order chi connectivity index (χ0) is 22.8. The van der Waals surface area contributed by atoms with Gasteiger partial charge in [-0.15, -0.1) is 23.1 Å². The van der Waals surface area contributed by atoms with Gasteiger partial charge in [0.1, 0.15) is 0 Å². The van der Waals surface area contributed by atoms with Crippen molar-refractivity contribution >= 4 is 67.2 Å². The summed E-state index contributed by atoms with van der Waals surface area (Å²) < 4.78 is 9.35. The van der Waals surface area contributed by atoms with Gasteiger partial charge >= 0.3 is 5.97 Å². The molecule has 1 aromatic carbocycles. The minimum atomic E-state index is -0.404. The molecule has 0 N–H and O–H groups in total. The van der Waals surface area contributed by atoms with Crippen molar-refractivity contribution in [2.24, 2.45) is 0 Å². The molecular formula is C25H22BrNO3S2. The molecule has 0 bridgehead atoms. The molecule has 0 atom stereocenters. The summed E-state index contributed by atoms with van der Waals surface area (Å²) in [5.74, 6) is 0.285. The van der Waals surface area contributed by atoms with E-state index in [1.54, 1.807) is 30.8 Å². The maximum Gasteiger partial charge on any atom is 0.341 e. The Hall–Kier alpha value is -2.35. The molecule has 4 rings (SSSR count). The minimum absolute atomic E-state index is 0.0939. The van der Waals surface area contributed by atoms with Crippen LogP contribution in [-0.2, 0) is 4.74 Å². The predicted molar refractivity (Wildman–Crippen MR) is 137 cm³/mol. The molecule has 0 aliphatic rings. The Labute approximate surface area is 203 Å². The number of thioether (sulfide) groups is 1. The van der Waals surface area contributed by atoms with E-state index in [4.69, 9.17) is 4.74 Å². The molecule has 0 unspecified atom stereocenters. The lowest BCUT2D eigenvalue weighted by molar-refractivity contribution is 0.0531. The van der Waals surface area contributed by atoms with Gasteiger partial charge in [-0.3, -0.25) is 4.79 Å². The summed E-state index contributed by atoms with van der Waals surface area (Å²) >= 11 is 6.54. The highest BCUT2D eigenvalue weighted by Crippen LogP contribution is 2.44. The third-order valence-corrected chi connectivity index (χ3v) is 7.97. The number of thiophene rings is 1. The van der Waals surface area contributed by atoms with Gasteiger partial charge in [-0.2, -0.15) is 0 Å². The molecule has 7 heteroatoms. The Morgan fingerprint density at radius 1 is 1.22 bits per heavy atom. The first-order chi connectivity index (χ1) is 15.5. The van der Waals surface area contributed by atoms with Crippen molar-refractivity contribution in [2.75, 3.05) is 12.4 Å².